The van der Waals surface area contributed by atoms with Gasteiger partial charge in [-0.15, -0.1) is 0 Å². The Morgan fingerprint density at radius 2 is 1.54 bits per heavy atom. The number of aryl methyl sites for hydroxylation is 1. The summed E-state index contributed by atoms with van der Waals surface area (Å²) < 4.78 is 31.7. The first-order chi connectivity index (χ1) is 12.1. The number of hydrogen-bond acceptors (Lipinski definition) is 5. The third-order valence-electron chi connectivity index (χ3n) is 3.05. The Labute approximate surface area is 145 Å². The van der Waals surface area contributed by atoms with Gasteiger partial charge in [0.05, 0.1) is 5.69 Å². The topological polar surface area (TPSA) is 130 Å². The molecule has 1 aromatic rings. The number of alkyl halides is 3. The van der Waals surface area contributed by atoms with E-state index in [1.165, 1.54) is 12.2 Å². The van der Waals surface area contributed by atoms with E-state index in [9.17, 15) is 27.6 Å². The van der Waals surface area contributed by atoms with Gasteiger partial charge in [0.25, 0.3) is 11.8 Å². The molecule has 0 fully saturated rings. The van der Waals surface area contributed by atoms with Crippen molar-refractivity contribution in [1.29, 1.82) is 0 Å². The number of carboxylic acids is 1. The van der Waals surface area contributed by atoms with Gasteiger partial charge in [0.2, 0.25) is 5.91 Å². The van der Waals surface area contributed by atoms with Crippen LogP contribution in [0.4, 0.5) is 18.9 Å². The Kier molecular flexibility index (Phi) is 7.02. The van der Waals surface area contributed by atoms with Crippen LogP contribution in [0.5, 0.6) is 0 Å². The van der Waals surface area contributed by atoms with Crippen LogP contribution >= 0.6 is 0 Å². The molecule has 0 spiro atoms. The molecule has 11 heteroatoms. The number of imide groups is 1. The smallest absolute Gasteiger partial charge is 0.475 e. The summed E-state index contributed by atoms with van der Waals surface area (Å²) >= 11 is 0. The normalized spacial score (nSPS) is 13.3. The van der Waals surface area contributed by atoms with E-state index in [2.05, 4.69) is 5.43 Å². The highest BCUT2D eigenvalue weighted by Crippen LogP contribution is 2.19. The van der Waals surface area contributed by atoms with E-state index in [0.29, 0.717) is 18.5 Å². The highest BCUT2D eigenvalue weighted by atomic mass is 19.4. The van der Waals surface area contributed by atoms with E-state index in [-0.39, 0.29) is 17.7 Å². The molecule has 1 heterocycles. The molecule has 1 aliphatic heterocycles. The van der Waals surface area contributed by atoms with Gasteiger partial charge in [-0.3, -0.25) is 19.8 Å². The lowest BCUT2D eigenvalue weighted by Gasteiger charge is -2.14. The standard InChI is InChI=1S/C13H13N3O3.C2HF3O2/c14-15-11(17)6-3-9-1-4-10(5-2-9)16-12(18)7-8-13(16)19;3-2(4,5)1(6)7/h1-2,4-5,7-8H,3,6,14H2,(H,15,17);(H,6,7). The van der Waals surface area contributed by atoms with Crippen LogP contribution in [0, 0.1) is 0 Å². The molecule has 1 aromatic carbocycles. The van der Waals surface area contributed by atoms with Crippen molar-refractivity contribution in [1.82, 2.24) is 5.43 Å². The first-order valence-electron chi connectivity index (χ1n) is 7.01. The summed E-state index contributed by atoms with van der Waals surface area (Å²) in [6.45, 7) is 0. The summed E-state index contributed by atoms with van der Waals surface area (Å²) in [5.74, 6) is 1.30. The maximum Gasteiger partial charge on any atom is 0.490 e. The Hall–Kier alpha value is -3.21. The second-order valence-electron chi connectivity index (χ2n) is 4.88. The summed E-state index contributed by atoms with van der Waals surface area (Å²) in [4.78, 5) is 43.9. The summed E-state index contributed by atoms with van der Waals surface area (Å²) in [5.41, 5.74) is 3.51. The maximum absolute atomic E-state index is 11.5. The molecule has 0 radical (unpaired) electrons. The van der Waals surface area contributed by atoms with E-state index in [0.717, 1.165) is 10.5 Å². The van der Waals surface area contributed by atoms with Crippen molar-refractivity contribution in [3.05, 3.63) is 42.0 Å². The number of nitrogens with one attached hydrogen (secondary N) is 1. The van der Waals surface area contributed by atoms with Crippen LogP contribution in [0.2, 0.25) is 0 Å². The summed E-state index contributed by atoms with van der Waals surface area (Å²) in [6.07, 6.45) is -1.77. The van der Waals surface area contributed by atoms with Gasteiger partial charge < -0.3 is 5.11 Å². The first-order valence-corrected chi connectivity index (χ1v) is 7.01. The van der Waals surface area contributed by atoms with Crippen molar-refractivity contribution in [2.75, 3.05) is 4.90 Å². The average molecular weight is 373 g/mol. The SMILES string of the molecule is NNC(=O)CCc1ccc(N2C(=O)C=CC2=O)cc1.O=C(O)C(F)(F)F. The lowest BCUT2D eigenvalue weighted by molar-refractivity contribution is -0.192. The molecule has 0 bridgehead atoms. The van der Waals surface area contributed by atoms with Crippen LogP contribution in [0.1, 0.15) is 12.0 Å². The van der Waals surface area contributed by atoms with Crippen LogP contribution in [-0.2, 0) is 25.6 Å². The molecule has 3 amide bonds. The number of nitrogens with two attached hydrogens (primary N) is 1. The molecule has 0 saturated carbocycles. The summed E-state index contributed by atoms with van der Waals surface area (Å²) in [6, 6.07) is 6.91. The predicted octanol–water partition coefficient (Wildman–Crippen LogP) is 0.672. The van der Waals surface area contributed by atoms with E-state index >= 15 is 0 Å². The molecule has 8 nitrogen and oxygen atoms in total. The molecule has 0 atom stereocenters. The molecule has 0 saturated heterocycles. The highest BCUT2D eigenvalue weighted by molar-refractivity contribution is 6.28. The lowest BCUT2D eigenvalue weighted by Crippen LogP contribution is -2.30. The zero-order valence-corrected chi connectivity index (χ0v) is 13.1. The molecule has 2 rings (SSSR count). The molecule has 0 unspecified atom stereocenters. The van der Waals surface area contributed by atoms with Gasteiger partial charge in [0.15, 0.2) is 0 Å². The van der Waals surface area contributed by atoms with Crippen molar-refractivity contribution in [3.8, 4) is 0 Å². The molecule has 140 valence electrons. The Balaban J connectivity index is 0.000000412. The van der Waals surface area contributed by atoms with Gasteiger partial charge in [0, 0.05) is 18.6 Å². The number of carboxylic acid groups (broad SMARTS) is 1. The summed E-state index contributed by atoms with van der Waals surface area (Å²) in [5, 5.41) is 7.12. The lowest BCUT2D eigenvalue weighted by atomic mass is 10.1. The van der Waals surface area contributed by atoms with E-state index in [1.54, 1.807) is 24.3 Å². The zero-order chi connectivity index (χ0) is 19.9. The summed E-state index contributed by atoms with van der Waals surface area (Å²) in [7, 11) is 0. The number of aliphatic carboxylic acids is 1. The number of benzene rings is 1. The van der Waals surface area contributed by atoms with Crippen LogP contribution < -0.4 is 16.2 Å². The second-order valence-corrected chi connectivity index (χ2v) is 4.88. The van der Waals surface area contributed by atoms with Crippen molar-refractivity contribution >= 4 is 29.4 Å². The van der Waals surface area contributed by atoms with E-state index in [1.807, 2.05) is 0 Å². The third kappa shape index (κ3) is 6.02. The molecule has 26 heavy (non-hydrogen) atoms. The number of hydrazine groups is 1. The van der Waals surface area contributed by atoms with Gasteiger partial charge in [0.1, 0.15) is 0 Å². The van der Waals surface area contributed by atoms with Gasteiger partial charge >= 0.3 is 12.1 Å². The molecule has 1 aliphatic rings. The fourth-order valence-electron chi connectivity index (χ4n) is 1.80. The second kappa shape index (κ2) is 8.76. The Bertz CT molecular complexity index is 711. The monoisotopic (exact) mass is 373 g/mol. The average Bonchev–Trinajstić information content (AvgIpc) is 2.91. The first kappa shape index (κ1) is 20.8. The van der Waals surface area contributed by atoms with E-state index < -0.39 is 12.1 Å². The fraction of sp³-hybridized carbons (Fsp3) is 0.200. The highest BCUT2D eigenvalue weighted by Gasteiger charge is 2.38. The number of hydrogen-bond donors (Lipinski definition) is 3. The number of anilines is 1. The molecule has 0 aliphatic carbocycles. The number of carbonyl (C=O) groups excluding carboxylic acids is 3. The Morgan fingerprint density at radius 3 is 1.92 bits per heavy atom. The number of amides is 3. The van der Waals surface area contributed by atoms with Crippen LogP contribution in [0.15, 0.2) is 36.4 Å². The van der Waals surface area contributed by atoms with Gasteiger partial charge in [-0.1, -0.05) is 12.1 Å². The predicted molar refractivity (Wildman–Crippen MR) is 82.4 cm³/mol. The molecule has 4 N–H and O–H groups in total. The minimum atomic E-state index is -5.08. The molecular formula is C15H14F3N3O5. The van der Waals surface area contributed by atoms with Crippen LogP contribution in [0.25, 0.3) is 0 Å². The van der Waals surface area contributed by atoms with Gasteiger partial charge in [-0.05, 0) is 24.1 Å². The quantitative estimate of drug-likeness (QED) is 0.308. The largest absolute Gasteiger partial charge is 0.490 e. The zero-order valence-electron chi connectivity index (χ0n) is 13.1. The number of rotatable bonds is 4. The fourth-order valence-corrected chi connectivity index (χ4v) is 1.80. The van der Waals surface area contributed by atoms with Crippen molar-refractivity contribution < 1.29 is 37.5 Å². The van der Waals surface area contributed by atoms with Gasteiger partial charge in [-0.25, -0.2) is 15.5 Å². The minimum absolute atomic E-state index is 0.238. The van der Waals surface area contributed by atoms with E-state index in [4.69, 9.17) is 15.7 Å². The van der Waals surface area contributed by atoms with Crippen LogP contribution in [-0.4, -0.2) is 35.0 Å². The Morgan fingerprint density at radius 1 is 1.08 bits per heavy atom. The molecule has 0 aromatic heterocycles. The van der Waals surface area contributed by atoms with Crippen molar-refractivity contribution in [3.63, 3.8) is 0 Å². The maximum atomic E-state index is 11.5. The van der Waals surface area contributed by atoms with Crippen LogP contribution in [0.3, 0.4) is 0 Å². The van der Waals surface area contributed by atoms with Crippen molar-refractivity contribution in [2.45, 2.75) is 19.0 Å². The number of nitrogens with zero attached hydrogens (tertiary/aromatic N) is 1. The van der Waals surface area contributed by atoms with Gasteiger partial charge in [-0.2, -0.15) is 13.2 Å². The van der Waals surface area contributed by atoms with Crippen molar-refractivity contribution in [2.24, 2.45) is 5.84 Å². The number of halogens is 3. The molecular weight excluding hydrogens is 359 g/mol. The third-order valence-corrected chi connectivity index (χ3v) is 3.05. The number of carbonyl (C=O) groups is 4. The minimum Gasteiger partial charge on any atom is -0.475 e.